The Bertz CT molecular complexity index is 536. The molecule has 7 heteroatoms. The summed E-state index contributed by atoms with van der Waals surface area (Å²) in [4.78, 5) is 4.10. The summed E-state index contributed by atoms with van der Waals surface area (Å²) in [6, 6.07) is 0. The summed E-state index contributed by atoms with van der Waals surface area (Å²) in [7, 11) is 0. The maximum Gasteiger partial charge on any atom is 0.199 e. The van der Waals surface area contributed by atoms with Gasteiger partial charge in [-0.25, -0.2) is 0 Å². The molecule has 0 amide bonds. The van der Waals surface area contributed by atoms with Crippen LogP contribution in [0.4, 0.5) is 5.82 Å². The number of ether oxygens (including phenoxy) is 1. The van der Waals surface area contributed by atoms with Gasteiger partial charge >= 0.3 is 0 Å². The van der Waals surface area contributed by atoms with Crippen molar-refractivity contribution in [3.63, 3.8) is 0 Å². The summed E-state index contributed by atoms with van der Waals surface area (Å²) in [5.41, 5.74) is 0.647. The second kappa shape index (κ2) is 6.60. The Morgan fingerprint density at radius 3 is 3.05 bits per heavy atom. The third-order valence-electron chi connectivity index (χ3n) is 3.64. The minimum absolute atomic E-state index is 0.480. The lowest BCUT2D eigenvalue weighted by molar-refractivity contribution is 0.0284. The second-order valence-corrected chi connectivity index (χ2v) is 5.15. The summed E-state index contributed by atoms with van der Waals surface area (Å²) >= 11 is 0. The molecular weight excluding hydrogens is 256 g/mol. The summed E-state index contributed by atoms with van der Waals surface area (Å²) < 4.78 is 7.54. The molecule has 108 valence electrons. The number of fused-ring (bicyclic) bond motifs is 1. The van der Waals surface area contributed by atoms with Gasteiger partial charge in [0.05, 0.1) is 18.5 Å². The SMILES string of the molecule is c1ncc2nnnn2c1NCCCOC1CCCCC1. The van der Waals surface area contributed by atoms with E-state index in [9.17, 15) is 0 Å². The zero-order valence-corrected chi connectivity index (χ0v) is 11.5. The van der Waals surface area contributed by atoms with Crippen molar-refractivity contribution in [1.29, 1.82) is 0 Å². The van der Waals surface area contributed by atoms with Crippen LogP contribution in [-0.4, -0.2) is 44.3 Å². The number of hydrogen-bond acceptors (Lipinski definition) is 6. The molecule has 0 aromatic carbocycles. The van der Waals surface area contributed by atoms with Crippen LogP contribution in [0.5, 0.6) is 0 Å². The first-order chi connectivity index (χ1) is 9.93. The number of tetrazole rings is 1. The first-order valence-electron chi connectivity index (χ1n) is 7.31. The second-order valence-electron chi connectivity index (χ2n) is 5.15. The molecule has 0 unspecified atom stereocenters. The lowest BCUT2D eigenvalue weighted by Crippen LogP contribution is -2.18. The Balaban J connectivity index is 1.40. The maximum atomic E-state index is 5.89. The van der Waals surface area contributed by atoms with Gasteiger partial charge in [-0.15, -0.1) is 5.10 Å². The molecule has 7 nitrogen and oxygen atoms in total. The van der Waals surface area contributed by atoms with E-state index in [4.69, 9.17) is 4.74 Å². The third-order valence-corrected chi connectivity index (χ3v) is 3.64. The van der Waals surface area contributed by atoms with Crippen LogP contribution in [-0.2, 0) is 4.74 Å². The first kappa shape index (κ1) is 13.2. The van der Waals surface area contributed by atoms with Crippen LogP contribution in [0.15, 0.2) is 12.4 Å². The molecular formula is C13H20N6O. The van der Waals surface area contributed by atoms with E-state index in [2.05, 4.69) is 25.8 Å². The number of aromatic nitrogens is 5. The molecule has 0 atom stereocenters. The van der Waals surface area contributed by atoms with Crippen LogP contribution in [0.3, 0.4) is 0 Å². The molecule has 20 heavy (non-hydrogen) atoms. The average Bonchev–Trinajstić information content (AvgIpc) is 2.97. The molecule has 1 aliphatic carbocycles. The van der Waals surface area contributed by atoms with E-state index < -0.39 is 0 Å². The molecule has 0 saturated heterocycles. The van der Waals surface area contributed by atoms with Gasteiger partial charge in [-0.2, -0.15) is 4.52 Å². The van der Waals surface area contributed by atoms with Gasteiger partial charge < -0.3 is 10.1 Å². The van der Waals surface area contributed by atoms with Crippen molar-refractivity contribution in [2.75, 3.05) is 18.5 Å². The third kappa shape index (κ3) is 3.22. The van der Waals surface area contributed by atoms with Gasteiger partial charge in [0.1, 0.15) is 5.82 Å². The van der Waals surface area contributed by atoms with Crippen LogP contribution < -0.4 is 5.32 Å². The minimum atomic E-state index is 0.480. The molecule has 1 N–H and O–H groups in total. The van der Waals surface area contributed by atoms with Gasteiger partial charge in [-0.3, -0.25) is 4.98 Å². The average molecular weight is 276 g/mol. The number of nitrogens with zero attached hydrogens (tertiary/aromatic N) is 5. The van der Waals surface area contributed by atoms with Crippen molar-refractivity contribution >= 4 is 11.5 Å². The predicted octanol–water partition coefficient (Wildman–Crippen LogP) is 1.67. The fourth-order valence-corrected chi connectivity index (χ4v) is 2.57. The molecule has 2 aromatic rings. The fourth-order valence-electron chi connectivity index (χ4n) is 2.57. The van der Waals surface area contributed by atoms with Crippen molar-refractivity contribution in [1.82, 2.24) is 25.0 Å². The smallest absolute Gasteiger partial charge is 0.199 e. The van der Waals surface area contributed by atoms with E-state index in [1.54, 1.807) is 16.9 Å². The van der Waals surface area contributed by atoms with E-state index in [1.165, 1.54) is 32.1 Å². The van der Waals surface area contributed by atoms with Gasteiger partial charge in [-0.1, -0.05) is 19.3 Å². The van der Waals surface area contributed by atoms with Gasteiger partial charge in [-0.05, 0) is 29.7 Å². The standard InChI is InChI=1S/C13H20N6O/c1-2-5-11(6-3-1)20-8-4-7-15-12-9-14-10-13-16-17-18-19(12)13/h9-11,15H,1-8H2. The Morgan fingerprint density at radius 1 is 1.25 bits per heavy atom. The Hall–Kier alpha value is -1.76. The molecule has 2 aromatic heterocycles. The topological polar surface area (TPSA) is 77.2 Å². The summed E-state index contributed by atoms with van der Waals surface area (Å²) in [5, 5.41) is 14.7. The molecule has 0 spiro atoms. The lowest BCUT2D eigenvalue weighted by atomic mass is 9.98. The van der Waals surface area contributed by atoms with Gasteiger partial charge in [0.15, 0.2) is 5.65 Å². The van der Waals surface area contributed by atoms with Crippen LogP contribution in [0.2, 0.25) is 0 Å². The highest BCUT2D eigenvalue weighted by Crippen LogP contribution is 2.20. The van der Waals surface area contributed by atoms with E-state index in [1.807, 2.05) is 0 Å². The molecule has 0 radical (unpaired) electrons. The first-order valence-corrected chi connectivity index (χ1v) is 7.31. The van der Waals surface area contributed by atoms with Gasteiger partial charge in [0.2, 0.25) is 0 Å². The van der Waals surface area contributed by atoms with Gasteiger partial charge in [0.25, 0.3) is 0 Å². The van der Waals surface area contributed by atoms with E-state index in [0.29, 0.717) is 11.8 Å². The van der Waals surface area contributed by atoms with E-state index in [-0.39, 0.29) is 0 Å². The van der Waals surface area contributed by atoms with Crippen LogP contribution in [0, 0.1) is 0 Å². The largest absolute Gasteiger partial charge is 0.378 e. The normalized spacial score (nSPS) is 16.6. The van der Waals surface area contributed by atoms with Crippen molar-refractivity contribution < 1.29 is 4.74 Å². The fraction of sp³-hybridized carbons (Fsp3) is 0.692. The predicted molar refractivity (Wildman–Crippen MR) is 74.5 cm³/mol. The number of hydrogen-bond donors (Lipinski definition) is 1. The van der Waals surface area contributed by atoms with E-state index >= 15 is 0 Å². The molecule has 3 rings (SSSR count). The highest BCUT2D eigenvalue weighted by molar-refractivity contribution is 5.43. The lowest BCUT2D eigenvalue weighted by Gasteiger charge is -2.21. The van der Waals surface area contributed by atoms with Gasteiger partial charge in [0, 0.05) is 13.2 Å². The molecule has 1 fully saturated rings. The number of anilines is 1. The zero-order valence-electron chi connectivity index (χ0n) is 11.5. The van der Waals surface area contributed by atoms with Crippen LogP contribution in [0.25, 0.3) is 5.65 Å². The minimum Gasteiger partial charge on any atom is -0.378 e. The van der Waals surface area contributed by atoms with Crippen molar-refractivity contribution in [3.05, 3.63) is 12.4 Å². The van der Waals surface area contributed by atoms with E-state index in [0.717, 1.165) is 25.4 Å². The Labute approximate surface area is 117 Å². The highest BCUT2D eigenvalue weighted by Gasteiger charge is 2.13. The Morgan fingerprint density at radius 2 is 2.15 bits per heavy atom. The molecule has 1 aliphatic rings. The number of rotatable bonds is 6. The van der Waals surface area contributed by atoms with Crippen molar-refractivity contribution in [2.24, 2.45) is 0 Å². The molecule has 0 aliphatic heterocycles. The van der Waals surface area contributed by atoms with Crippen molar-refractivity contribution in [2.45, 2.75) is 44.6 Å². The monoisotopic (exact) mass is 276 g/mol. The van der Waals surface area contributed by atoms with Crippen LogP contribution in [0.1, 0.15) is 38.5 Å². The molecule has 0 bridgehead atoms. The highest BCUT2D eigenvalue weighted by atomic mass is 16.5. The summed E-state index contributed by atoms with van der Waals surface area (Å²) in [6.45, 7) is 1.63. The molecule has 2 heterocycles. The Kier molecular flexibility index (Phi) is 4.37. The number of nitrogens with one attached hydrogen (secondary N) is 1. The summed E-state index contributed by atoms with van der Waals surface area (Å²) in [6.07, 6.45) is 11.3. The quantitative estimate of drug-likeness (QED) is 0.809. The zero-order chi connectivity index (χ0) is 13.6. The molecule has 1 saturated carbocycles. The summed E-state index contributed by atoms with van der Waals surface area (Å²) in [5.74, 6) is 0.810. The maximum absolute atomic E-state index is 5.89. The van der Waals surface area contributed by atoms with Crippen LogP contribution >= 0.6 is 0 Å². The van der Waals surface area contributed by atoms with Crippen molar-refractivity contribution in [3.8, 4) is 0 Å².